The van der Waals surface area contributed by atoms with Crippen molar-refractivity contribution in [2.75, 3.05) is 0 Å². The Labute approximate surface area is 162 Å². The Kier molecular flexibility index (Phi) is 5.07. The summed E-state index contributed by atoms with van der Waals surface area (Å²) in [5.74, 6) is 0. The third-order valence-electron chi connectivity index (χ3n) is 5.68. The molecule has 0 fully saturated rings. The molecule has 0 N–H and O–H groups in total. The minimum atomic E-state index is 0.122. The first-order chi connectivity index (χ1) is 13.3. The van der Waals surface area contributed by atoms with Gasteiger partial charge in [0.25, 0.3) is 0 Å². The van der Waals surface area contributed by atoms with Crippen molar-refractivity contribution in [1.29, 1.82) is 0 Å². The summed E-state index contributed by atoms with van der Waals surface area (Å²) >= 11 is 0. The highest BCUT2D eigenvalue weighted by atomic mass is 14.3. The van der Waals surface area contributed by atoms with E-state index in [2.05, 4.69) is 110 Å². The summed E-state index contributed by atoms with van der Waals surface area (Å²) < 4.78 is 0. The molecular weight excluding hydrogens is 324 g/mol. The van der Waals surface area contributed by atoms with Gasteiger partial charge in [-0.15, -0.1) is 0 Å². The molecule has 3 aromatic rings. The lowest BCUT2D eigenvalue weighted by Gasteiger charge is -2.32. The predicted molar refractivity (Wildman–Crippen MR) is 117 cm³/mol. The summed E-state index contributed by atoms with van der Waals surface area (Å²) in [7, 11) is 0. The van der Waals surface area contributed by atoms with Crippen molar-refractivity contribution in [1.82, 2.24) is 0 Å². The molecule has 0 radical (unpaired) electrons. The van der Waals surface area contributed by atoms with Crippen LogP contribution in [0.3, 0.4) is 0 Å². The number of rotatable bonds is 3. The van der Waals surface area contributed by atoms with E-state index in [1.807, 2.05) is 0 Å². The fraction of sp³-hybridized carbons (Fsp3) is 0.185. The zero-order valence-electron chi connectivity index (χ0n) is 15.9. The van der Waals surface area contributed by atoms with Crippen molar-refractivity contribution in [3.63, 3.8) is 0 Å². The molecule has 0 nitrogen and oxygen atoms in total. The maximum atomic E-state index is 2.43. The number of hydrogen-bond donors (Lipinski definition) is 0. The Morgan fingerprint density at radius 1 is 0.667 bits per heavy atom. The minimum absolute atomic E-state index is 0.122. The van der Waals surface area contributed by atoms with E-state index in [0.29, 0.717) is 0 Å². The zero-order valence-corrected chi connectivity index (χ0v) is 15.9. The summed E-state index contributed by atoms with van der Waals surface area (Å²) in [6, 6.07) is 28.5. The summed E-state index contributed by atoms with van der Waals surface area (Å²) in [5, 5.41) is 0. The maximum Gasteiger partial charge on any atom is -0.00314 e. The molecule has 4 rings (SSSR count). The largest absolute Gasteiger partial charge is 0.0845 e. The second-order valence-electron chi connectivity index (χ2n) is 7.65. The van der Waals surface area contributed by atoms with E-state index in [1.54, 1.807) is 0 Å². The van der Waals surface area contributed by atoms with Crippen LogP contribution in [0.5, 0.6) is 0 Å². The Balaban J connectivity index is 1.87. The van der Waals surface area contributed by atoms with Crippen molar-refractivity contribution in [3.05, 3.63) is 109 Å². The Hall–Kier alpha value is -2.86. The third kappa shape index (κ3) is 3.80. The van der Waals surface area contributed by atoms with Crippen LogP contribution in [0.15, 0.2) is 103 Å². The smallest absolute Gasteiger partial charge is 0.00314 e. The highest BCUT2D eigenvalue weighted by Crippen LogP contribution is 2.41. The first-order valence-corrected chi connectivity index (χ1v) is 9.83. The molecule has 1 aliphatic rings. The topological polar surface area (TPSA) is 0 Å². The zero-order chi connectivity index (χ0) is 18.5. The van der Waals surface area contributed by atoms with Gasteiger partial charge in [-0.25, -0.2) is 0 Å². The van der Waals surface area contributed by atoms with Crippen LogP contribution >= 0.6 is 0 Å². The third-order valence-corrected chi connectivity index (χ3v) is 5.68. The molecule has 1 atom stereocenters. The molecule has 0 saturated heterocycles. The molecule has 0 spiro atoms. The lowest BCUT2D eigenvalue weighted by Crippen LogP contribution is -2.22. The van der Waals surface area contributed by atoms with E-state index in [1.165, 1.54) is 27.8 Å². The second kappa shape index (κ2) is 7.80. The van der Waals surface area contributed by atoms with Gasteiger partial charge in [0.2, 0.25) is 0 Å². The average Bonchev–Trinajstić information content (AvgIpc) is 2.72. The monoisotopic (exact) mass is 350 g/mol. The highest BCUT2D eigenvalue weighted by Gasteiger charge is 2.28. The molecule has 1 aliphatic carbocycles. The predicted octanol–water partition coefficient (Wildman–Crippen LogP) is 7.57. The van der Waals surface area contributed by atoms with E-state index >= 15 is 0 Å². The second-order valence-corrected chi connectivity index (χ2v) is 7.65. The van der Waals surface area contributed by atoms with Crippen LogP contribution < -0.4 is 0 Å². The first kappa shape index (κ1) is 17.5. The SMILES string of the molecule is CC1(c2cc(-c3ccccc3)ccc2-c2ccccc2)CC=C/C=C\CC1. The van der Waals surface area contributed by atoms with Crippen LogP contribution in [-0.4, -0.2) is 0 Å². The van der Waals surface area contributed by atoms with Crippen molar-refractivity contribution in [2.24, 2.45) is 0 Å². The first-order valence-electron chi connectivity index (χ1n) is 9.83. The van der Waals surface area contributed by atoms with Gasteiger partial charge in [0, 0.05) is 0 Å². The molecule has 0 bridgehead atoms. The van der Waals surface area contributed by atoms with Crippen LogP contribution in [0.25, 0.3) is 22.3 Å². The standard InChI is InChI=1S/C27H26/c1-27(19-11-3-2-4-12-20-27)26-21-24(22-13-7-5-8-14-22)17-18-25(26)23-15-9-6-10-16-23/h2-11,13-18,21H,12,19-20H2,1H3/b4-2-,11-3?. The van der Waals surface area contributed by atoms with Gasteiger partial charge in [-0.3, -0.25) is 0 Å². The molecule has 0 saturated carbocycles. The molecular formula is C27H26. The van der Waals surface area contributed by atoms with E-state index < -0.39 is 0 Å². The maximum absolute atomic E-state index is 2.43. The number of allylic oxidation sites excluding steroid dienone is 4. The van der Waals surface area contributed by atoms with Gasteiger partial charge >= 0.3 is 0 Å². The van der Waals surface area contributed by atoms with Crippen molar-refractivity contribution < 1.29 is 0 Å². The minimum Gasteiger partial charge on any atom is -0.0845 e. The molecule has 134 valence electrons. The van der Waals surface area contributed by atoms with Gasteiger partial charge in [-0.2, -0.15) is 0 Å². The van der Waals surface area contributed by atoms with E-state index in [9.17, 15) is 0 Å². The Morgan fingerprint density at radius 3 is 2.07 bits per heavy atom. The van der Waals surface area contributed by atoms with Crippen molar-refractivity contribution in [3.8, 4) is 22.3 Å². The molecule has 3 aromatic carbocycles. The number of benzene rings is 3. The molecule has 27 heavy (non-hydrogen) atoms. The van der Waals surface area contributed by atoms with Gasteiger partial charge in [-0.05, 0) is 58.6 Å². The van der Waals surface area contributed by atoms with Crippen LogP contribution in [-0.2, 0) is 5.41 Å². The Bertz CT molecular complexity index is 948. The summed E-state index contributed by atoms with van der Waals surface area (Å²) in [6.07, 6.45) is 12.3. The van der Waals surface area contributed by atoms with Gasteiger partial charge in [0.15, 0.2) is 0 Å². The van der Waals surface area contributed by atoms with Gasteiger partial charge < -0.3 is 0 Å². The molecule has 0 heterocycles. The molecule has 0 aromatic heterocycles. The van der Waals surface area contributed by atoms with Crippen LogP contribution in [0.2, 0.25) is 0 Å². The van der Waals surface area contributed by atoms with Crippen LogP contribution in [0, 0.1) is 0 Å². The Morgan fingerprint density at radius 2 is 1.33 bits per heavy atom. The average molecular weight is 351 g/mol. The van der Waals surface area contributed by atoms with Gasteiger partial charge in [-0.1, -0.05) is 104 Å². The van der Waals surface area contributed by atoms with Gasteiger partial charge in [0.05, 0.1) is 0 Å². The lowest BCUT2D eigenvalue weighted by molar-refractivity contribution is 0.443. The summed E-state index contributed by atoms with van der Waals surface area (Å²) in [4.78, 5) is 0. The number of hydrogen-bond acceptors (Lipinski definition) is 0. The van der Waals surface area contributed by atoms with E-state index in [0.717, 1.165) is 19.3 Å². The van der Waals surface area contributed by atoms with Gasteiger partial charge in [0.1, 0.15) is 0 Å². The summed E-state index contributed by atoms with van der Waals surface area (Å²) in [5.41, 5.74) is 6.81. The normalized spacial score (nSPS) is 20.6. The highest BCUT2D eigenvalue weighted by molar-refractivity contribution is 5.75. The summed E-state index contributed by atoms with van der Waals surface area (Å²) in [6.45, 7) is 2.42. The molecule has 0 amide bonds. The fourth-order valence-corrected chi connectivity index (χ4v) is 4.05. The molecule has 0 aliphatic heterocycles. The fourth-order valence-electron chi connectivity index (χ4n) is 4.05. The molecule has 0 heteroatoms. The van der Waals surface area contributed by atoms with Crippen molar-refractivity contribution >= 4 is 0 Å². The van der Waals surface area contributed by atoms with Crippen molar-refractivity contribution in [2.45, 2.75) is 31.6 Å². The van der Waals surface area contributed by atoms with Crippen LogP contribution in [0.1, 0.15) is 31.7 Å². The van der Waals surface area contributed by atoms with E-state index in [-0.39, 0.29) is 5.41 Å². The quantitative estimate of drug-likeness (QED) is 0.457. The lowest BCUT2D eigenvalue weighted by atomic mass is 9.72. The van der Waals surface area contributed by atoms with E-state index in [4.69, 9.17) is 0 Å². The molecule has 1 unspecified atom stereocenters. The van der Waals surface area contributed by atoms with Crippen LogP contribution in [0.4, 0.5) is 0 Å².